The molecule has 0 amide bonds. The summed E-state index contributed by atoms with van der Waals surface area (Å²) in [4.78, 5) is 4.89. The number of pyridine rings is 1. The monoisotopic (exact) mass is 387 g/mol. The lowest BCUT2D eigenvalue weighted by atomic mass is 10.1. The van der Waals surface area contributed by atoms with Gasteiger partial charge in [0.25, 0.3) is 0 Å². The van der Waals surface area contributed by atoms with Crippen molar-refractivity contribution in [3.63, 3.8) is 0 Å². The van der Waals surface area contributed by atoms with Crippen LogP contribution in [0.5, 0.6) is 17.2 Å². The molecule has 1 N–H and O–H groups in total. The van der Waals surface area contributed by atoms with Crippen LogP contribution in [0.25, 0.3) is 16.9 Å². The minimum atomic E-state index is 0.558. The summed E-state index contributed by atoms with van der Waals surface area (Å²) in [7, 11) is 1.66. The summed E-state index contributed by atoms with van der Waals surface area (Å²) in [6.45, 7) is 3.21. The molecular weight excluding hydrogens is 366 g/mol. The lowest BCUT2D eigenvalue weighted by molar-refractivity contribution is 0.171. The number of aryl methyl sites for hydroxylation is 1. The van der Waals surface area contributed by atoms with Crippen molar-refractivity contribution in [1.29, 1.82) is 0 Å². The van der Waals surface area contributed by atoms with Crippen molar-refractivity contribution in [2.24, 2.45) is 0 Å². The molecule has 0 fully saturated rings. The molecule has 1 aliphatic heterocycles. The predicted molar refractivity (Wildman–Crippen MR) is 113 cm³/mol. The van der Waals surface area contributed by atoms with Gasteiger partial charge in [0.15, 0.2) is 11.5 Å². The molecule has 2 aromatic heterocycles. The molecular formula is C23H21N3O3. The molecule has 2 aromatic carbocycles. The number of fused-ring (bicyclic) bond motifs is 2. The Morgan fingerprint density at radius 1 is 0.966 bits per heavy atom. The Morgan fingerprint density at radius 2 is 1.76 bits per heavy atom. The van der Waals surface area contributed by atoms with Crippen LogP contribution >= 0.6 is 0 Å². The van der Waals surface area contributed by atoms with E-state index in [-0.39, 0.29) is 0 Å². The summed E-state index contributed by atoms with van der Waals surface area (Å²) in [6.07, 6.45) is 0. The van der Waals surface area contributed by atoms with Crippen LogP contribution in [-0.4, -0.2) is 29.7 Å². The third-order valence-electron chi connectivity index (χ3n) is 5.01. The highest BCUT2D eigenvalue weighted by Crippen LogP contribution is 2.36. The number of nitrogens with one attached hydrogen (secondary N) is 1. The number of aromatic nitrogens is 2. The minimum Gasteiger partial charge on any atom is -0.497 e. The van der Waals surface area contributed by atoms with Crippen molar-refractivity contribution in [1.82, 2.24) is 9.38 Å². The van der Waals surface area contributed by atoms with Crippen LogP contribution in [-0.2, 0) is 0 Å². The van der Waals surface area contributed by atoms with Crippen molar-refractivity contribution >= 4 is 17.2 Å². The van der Waals surface area contributed by atoms with Gasteiger partial charge < -0.3 is 19.5 Å². The zero-order chi connectivity index (χ0) is 19.8. The smallest absolute Gasteiger partial charge is 0.163 e. The van der Waals surface area contributed by atoms with Gasteiger partial charge in [0.1, 0.15) is 36.1 Å². The number of methoxy groups -OCH3 is 1. The fourth-order valence-electron chi connectivity index (χ4n) is 3.58. The van der Waals surface area contributed by atoms with E-state index >= 15 is 0 Å². The van der Waals surface area contributed by atoms with Crippen LogP contribution in [0.3, 0.4) is 0 Å². The zero-order valence-electron chi connectivity index (χ0n) is 16.3. The Labute approximate surface area is 168 Å². The molecule has 1 aliphatic rings. The summed E-state index contributed by atoms with van der Waals surface area (Å²) in [5.41, 5.74) is 4.77. The van der Waals surface area contributed by atoms with Crippen LogP contribution in [0, 0.1) is 6.92 Å². The topological polar surface area (TPSA) is 57.0 Å². The largest absolute Gasteiger partial charge is 0.497 e. The first-order chi connectivity index (χ1) is 14.2. The number of imidazole rings is 1. The molecule has 0 radical (unpaired) electrons. The van der Waals surface area contributed by atoms with Gasteiger partial charge in [-0.1, -0.05) is 6.07 Å². The highest BCUT2D eigenvalue weighted by molar-refractivity contribution is 5.80. The Hall–Kier alpha value is -3.67. The molecule has 29 heavy (non-hydrogen) atoms. The quantitative estimate of drug-likeness (QED) is 0.543. The van der Waals surface area contributed by atoms with E-state index < -0.39 is 0 Å². The van der Waals surface area contributed by atoms with Crippen LogP contribution in [0.15, 0.2) is 60.7 Å². The van der Waals surface area contributed by atoms with Gasteiger partial charge >= 0.3 is 0 Å². The van der Waals surface area contributed by atoms with Crippen molar-refractivity contribution in [2.75, 3.05) is 25.6 Å². The third-order valence-corrected chi connectivity index (χ3v) is 5.01. The summed E-state index contributed by atoms with van der Waals surface area (Å²) in [5.74, 6) is 3.24. The standard InChI is InChI=1S/C23H21N3O3/c1-15-4-3-5-21-25-22(16-6-9-18(27-2)10-7-16)23(26(15)21)24-17-8-11-19-20(14-17)29-13-12-28-19/h3-11,14,24H,12-13H2,1-2H3. The van der Waals surface area contributed by atoms with Crippen molar-refractivity contribution in [3.05, 3.63) is 66.4 Å². The van der Waals surface area contributed by atoms with E-state index in [0.717, 1.165) is 51.4 Å². The second kappa shape index (κ2) is 7.05. The second-order valence-corrected chi connectivity index (χ2v) is 6.88. The SMILES string of the molecule is COc1ccc(-c2nc3cccc(C)n3c2Nc2ccc3c(c2)OCCO3)cc1. The first-order valence-electron chi connectivity index (χ1n) is 9.52. The Kier molecular flexibility index (Phi) is 4.24. The molecule has 0 aliphatic carbocycles. The summed E-state index contributed by atoms with van der Waals surface area (Å²) in [5, 5.41) is 3.55. The zero-order valence-corrected chi connectivity index (χ0v) is 16.3. The van der Waals surface area contributed by atoms with Gasteiger partial charge in [-0.25, -0.2) is 4.98 Å². The van der Waals surface area contributed by atoms with Crippen LogP contribution in [0.4, 0.5) is 11.5 Å². The van der Waals surface area contributed by atoms with E-state index in [1.807, 2.05) is 54.6 Å². The summed E-state index contributed by atoms with van der Waals surface area (Å²) in [6, 6.07) is 19.9. The van der Waals surface area contributed by atoms with Crippen LogP contribution in [0.1, 0.15) is 5.69 Å². The molecule has 0 atom stereocenters. The predicted octanol–water partition coefficient (Wildman–Crippen LogP) is 4.83. The molecule has 0 bridgehead atoms. The van der Waals surface area contributed by atoms with Crippen molar-refractivity contribution in [3.8, 4) is 28.5 Å². The number of anilines is 2. The lowest BCUT2D eigenvalue weighted by Gasteiger charge is -2.19. The van der Waals surface area contributed by atoms with E-state index in [0.29, 0.717) is 13.2 Å². The minimum absolute atomic E-state index is 0.558. The maximum atomic E-state index is 5.73. The first-order valence-corrected chi connectivity index (χ1v) is 9.52. The third kappa shape index (κ3) is 3.12. The summed E-state index contributed by atoms with van der Waals surface area (Å²) < 4.78 is 18.8. The normalized spacial score (nSPS) is 12.8. The number of nitrogens with zero attached hydrogens (tertiary/aromatic N) is 2. The van der Waals surface area contributed by atoms with Gasteiger partial charge in [-0.2, -0.15) is 0 Å². The van der Waals surface area contributed by atoms with Crippen molar-refractivity contribution in [2.45, 2.75) is 6.92 Å². The number of hydrogen-bond donors (Lipinski definition) is 1. The Bertz CT molecular complexity index is 1180. The molecule has 0 unspecified atom stereocenters. The maximum Gasteiger partial charge on any atom is 0.163 e. The van der Waals surface area contributed by atoms with Gasteiger partial charge in [0.2, 0.25) is 0 Å². The molecule has 146 valence electrons. The van der Waals surface area contributed by atoms with Gasteiger partial charge in [0, 0.05) is 23.0 Å². The number of ether oxygens (including phenoxy) is 3. The molecule has 0 saturated heterocycles. The van der Waals surface area contributed by atoms with Crippen LogP contribution < -0.4 is 19.5 Å². The van der Waals surface area contributed by atoms with Crippen LogP contribution in [0.2, 0.25) is 0 Å². The average molecular weight is 387 g/mol. The molecule has 0 saturated carbocycles. The second-order valence-electron chi connectivity index (χ2n) is 6.88. The number of hydrogen-bond acceptors (Lipinski definition) is 5. The Morgan fingerprint density at radius 3 is 2.55 bits per heavy atom. The van der Waals surface area contributed by atoms with Gasteiger partial charge in [-0.15, -0.1) is 0 Å². The molecule has 6 heteroatoms. The molecule has 4 aromatic rings. The van der Waals surface area contributed by atoms with E-state index in [4.69, 9.17) is 19.2 Å². The molecule has 6 nitrogen and oxygen atoms in total. The van der Waals surface area contributed by atoms with Gasteiger partial charge in [0.05, 0.1) is 7.11 Å². The average Bonchev–Trinajstić information content (AvgIpc) is 3.13. The number of rotatable bonds is 4. The fraction of sp³-hybridized carbons (Fsp3) is 0.174. The first kappa shape index (κ1) is 17.4. The molecule has 5 rings (SSSR count). The summed E-state index contributed by atoms with van der Waals surface area (Å²) >= 11 is 0. The fourth-order valence-corrected chi connectivity index (χ4v) is 3.58. The van der Waals surface area contributed by atoms with Gasteiger partial charge in [-0.3, -0.25) is 4.40 Å². The molecule has 3 heterocycles. The molecule has 0 spiro atoms. The van der Waals surface area contributed by atoms with E-state index in [1.165, 1.54) is 0 Å². The Balaban J connectivity index is 1.63. The lowest BCUT2D eigenvalue weighted by Crippen LogP contribution is -2.15. The maximum absolute atomic E-state index is 5.73. The highest BCUT2D eigenvalue weighted by Gasteiger charge is 2.17. The van der Waals surface area contributed by atoms with E-state index in [9.17, 15) is 0 Å². The number of benzene rings is 2. The highest BCUT2D eigenvalue weighted by atomic mass is 16.6. The van der Waals surface area contributed by atoms with E-state index in [2.05, 4.69) is 22.7 Å². The van der Waals surface area contributed by atoms with Gasteiger partial charge in [-0.05, 0) is 55.5 Å². The van der Waals surface area contributed by atoms with Crippen molar-refractivity contribution < 1.29 is 14.2 Å². The van der Waals surface area contributed by atoms with E-state index in [1.54, 1.807) is 7.11 Å².